The van der Waals surface area contributed by atoms with Gasteiger partial charge < -0.3 is 14.8 Å². The molecule has 0 atom stereocenters. The minimum atomic E-state index is 0.441. The standard InChI is InChI=1S/C17H20N2O2/c1-12-9-15(20-2)10-14(19-12)11-21-16-7-3-5-13-6-4-8-18-17(13)16/h3,5,7,9-10,18H,4,6,8,11H2,1-2H3. The molecule has 1 aromatic heterocycles. The van der Waals surface area contributed by atoms with E-state index in [9.17, 15) is 0 Å². The summed E-state index contributed by atoms with van der Waals surface area (Å²) in [6, 6.07) is 10.0. The Balaban J connectivity index is 1.77. The number of rotatable bonds is 4. The smallest absolute Gasteiger partial charge is 0.143 e. The van der Waals surface area contributed by atoms with Crippen LogP contribution in [0.5, 0.6) is 11.5 Å². The molecule has 2 heterocycles. The molecule has 0 saturated carbocycles. The summed E-state index contributed by atoms with van der Waals surface area (Å²) in [4.78, 5) is 4.48. The molecule has 0 aliphatic carbocycles. The number of aromatic nitrogens is 1. The van der Waals surface area contributed by atoms with Crippen LogP contribution in [0.1, 0.15) is 23.4 Å². The van der Waals surface area contributed by atoms with E-state index in [0.717, 1.165) is 41.5 Å². The number of hydrogen-bond acceptors (Lipinski definition) is 4. The minimum absolute atomic E-state index is 0.441. The molecule has 1 N–H and O–H groups in total. The summed E-state index contributed by atoms with van der Waals surface area (Å²) in [5.41, 5.74) is 4.26. The second-order valence-electron chi connectivity index (χ2n) is 5.25. The molecule has 0 fully saturated rings. The van der Waals surface area contributed by atoms with E-state index in [1.807, 2.05) is 31.2 Å². The zero-order valence-electron chi connectivity index (χ0n) is 12.5. The first-order valence-electron chi connectivity index (χ1n) is 7.26. The van der Waals surface area contributed by atoms with E-state index in [-0.39, 0.29) is 0 Å². The van der Waals surface area contributed by atoms with Gasteiger partial charge in [-0.3, -0.25) is 4.98 Å². The van der Waals surface area contributed by atoms with Crippen LogP contribution < -0.4 is 14.8 Å². The summed E-state index contributed by atoms with van der Waals surface area (Å²) in [5, 5.41) is 3.43. The van der Waals surface area contributed by atoms with E-state index in [0.29, 0.717) is 6.61 Å². The lowest BCUT2D eigenvalue weighted by atomic mass is 10.0. The zero-order valence-corrected chi connectivity index (χ0v) is 12.5. The quantitative estimate of drug-likeness (QED) is 0.935. The van der Waals surface area contributed by atoms with Gasteiger partial charge in [-0.25, -0.2) is 0 Å². The summed E-state index contributed by atoms with van der Waals surface area (Å²) >= 11 is 0. The highest BCUT2D eigenvalue weighted by Crippen LogP contribution is 2.32. The topological polar surface area (TPSA) is 43.4 Å². The molecule has 2 aromatic rings. The number of nitrogens with one attached hydrogen (secondary N) is 1. The van der Waals surface area contributed by atoms with Crippen molar-refractivity contribution >= 4 is 5.69 Å². The molecule has 0 unspecified atom stereocenters. The summed E-state index contributed by atoms with van der Waals surface area (Å²) in [6.45, 7) is 3.40. The normalized spacial score (nSPS) is 13.2. The summed E-state index contributed by atoms with van der Waals surface area (Å²) in [6.07, 6.45) is 2.28. The molecule has 1 aromatic carbocycles. The van der Waals surface area contributed by atoms with E-state index in [4.69, 9.17) is 9.47 Å². The highest BCUT2D eigenvalue weighted by molar-refractivity contribution is 5.63. The van der Waals surface area contributed by atoms with Crippen molar-refractivity contribution in [2.45, 2.75) is 26.4 Å². The third kappa shape index (κ3) is 3.10. The Morgan fingerprint density at radius 1 is 1.29 bits per heavy atom. The highest BCUT2D eigenvalue weighted by Gasteiger charge is 2.13. The maximum absolute atomic E-state index is 5.96. The number of methoxy groups -OCH3 is 1. The summed E-state index contributed by atoms with van der Waals surface area (Å²) < 4.78 is 11.2. The SMILES string of the molecule is COc1cc(C)nc(COc2cccc3c2NCCC3)c1. The second-order valence-corrected chi connectivity index (χ2v) is 5.25. The largest absolute Gasteiger partial charge is 0.497 e. The van der Waals surface area contributed by atoms with Crippen LogP contribution in [-0.4, -0.2) is 18.6 Å². The lowest BCUT2D eigenvalue weighted by molar-refractivity contribution is 0.300. The Hall–Kier alpha value is -2.23. The third-order valence-corrected chi connectivity index (χ3v) is 3.63. The van der Waals surface area contributed by atoms with Crippen molar-refractivity contribution in [2.24, 2.45) is 0 Å². The van der Waals surface area contributed by atoms with Gasteiger partial charge in [0.2, 0.25) is 0 Å². The number of nitrogens with zero attached hydrogens (tertiary/aromatic N) is 1. The number of hydrogen-bond donors (Lipinski definition) is 1. The molecule has 1 aliphatic rings. The average molecular weight is 284 g/mol. The first kappa shape index (κ1) is 13.7. The maximum atomic E-state index is 5.96. The fourth-order valence-corrected chi connectivity index (χ4v) is 2.64. The summed E-state index contributed by atoms with van der Waals surface area (Å²) in [5.74, 6) is 1.71. The van der Waals surface area contributed by atoms with Crippen LogP contribution in [0.15, 0.2) is 30.3 Å². The van der Waals surface area contributed by atoms with E-state index in [2.05, 4.69) is 16.4 Å². The molecule has 0 amide bonds. The first-order chi connectivity index (χ1) is 10.3. The van der Waals surface area contributed by atoms with Gasteiger partial charge in [0.1, 0.15) is 18.1 Å². The van der Waals surface area contributed by atoms with Gasteiger partial charge in [-0.05, 0) is 31.4 Å². The Labute approximate surface area is 125 Å². The number of pyridine rings is 1. The zero-order chi connectivity index (χ0) is 14.7. The summed E-state index contributed by atoms with van der Waals surface area (Å²) in [7, 11) is 1.66. The van der Waals surface area contributed by atoms with Gasteiger partial charge in [0.15, 0.2) is 0 Å². The molecule has 21 heavy (non-hydrogen) atoms. The van der Waals surface area contributed by atoms with Gasteiger partial charge in [0.25, 0.3) is 0 Å². The highest BCUT2D eigenvalue weighted by atomic mass is 16.5. The number of anilines is 1. The van der Waals surface area contributed by atoms with Crippen molar-refractivity contribution in [1.29, 1.82) is 0 Å². The Bertz CT molecular complexity index is 641. The van der Waals surface area contributed by atoms with E-state index < -0.39 is 0 Å². The molecule has 0 spiro atoms. The van der Waals surface area contributed by atoms with Gasteiger partial charge in [0.05, 0.1) is 18.5 Å². The molecule has 4 nitrogen and oxygen atoms in total. The van der Waals surface area contributed by atoms with Gasteiger partial charge in [-0.15, -0.1) is 0 Å². The van der Waals surface area contributed by atoms with Gasteiger partial charge in [0, 0.05) is 24.4 Å². The van der Waals surface area contributed by atoms with Gasteiger partial charge in [-0.2, -0.15) is 0 Å². The fraction of sp³-hybridized carbons (Fsp3) is 0.353. The molecule has 110 valence electrons. The van der Waals surface area contributed by atoms with Gasteiger partial charge in [-0.1, -0.05) is 12.1 Å². The van der Waals surface area contributed by atoms with Crippen molar-refractivity contribution in [3.8, 4) is 11.5 Å². The van der Waals surface area contributed by atoms with Crippen LogP contribution in [0.4, 0.5) is 5.69 Å². The number of benzene rings is 1. The Morgan fingerprint density at radius 2 is 2.19 bits per heavy atom. The van der Waals surface area contributed by atoms with Crippen LogP contribution in [0.25, 0.3) is 0 Å². The Kier molecular flexibility index (Phi) is 3.95. The van der Waals surface area contributed by atoms with Crippen molar-refractivity contribution in [2.75, 3.05) is 19.0 Å². The molecular weight excluding hydrogens is 264 g/mol. The van der Waals surface area contributed by atoms with E-state index in [1.54, 1.807) is 7.11 Å². The maximum Gasteiger partial charge on any atom is 0.143 e. The van der Waals surface area contributed by atoms with E-state index >= 15 is 0 Å². The van der Waals surface area contributed by atoms with Crippen molar-refractivity contribution in [1.82, 2.24) is 4.98 Å². The van der Waals surface area contributed by atoms with Crippen molar-refractivity contribution < 1.29 is 9.47 Å². The van der Waals surface area contributed by atoms with Crippen LogP contribution in [0.2, 0.25) is 0 Å². The predicted molar refractivity (Wildman–Crippen MR) is 83.1 cm³/mol. The van der Waals surface area contributed by atoms with Crippen molar-refractivity contribution in [3.05, 3.63) is 47.3 Å². The average Bonchev–Trinajstić information content (AvgIpc) is 2.52. The number of aryl methyl sites for hydroxylation is 2. The van der Waals surface area contributed by atoms with E-state index in [1.165, 1.54) is 12.0 Å². The number of ether oxygens (including phenoxy) is 2. The minimum Gasteiger partial charge on any atom is -0.497 e. The van der Waals surface area contributed by atoms with Gasteiger partial charge >= 0.3 is 0 Å². The molecule has 4 heteroatoms. The van der Waals surface area contributed by atoms with Crippen LogP contribution in [0, 0.1) is 6.92 Å². The lowest BCUT2D eigenvalue weighted by Gasteiger charge is -2.21. The molecule has 3 rings (SSSR count). The molecule has 0 radical (unpaired) electrons. The van der Waals surface area contributed by atoms with Crippen LogP contribution in [0.3, 0.4) is 0 Å². The lowest BCUT2D eigenvalue weighted by Crippen LogP contribution is -2.13. The Morgan fingerprint density at radius 3 is 3.05 bits per heavy atom. The van der Waals surface area contributed by atoms with Crippen LogP contribution >= 0.6 is 0 Å². The predicted octanol–water partition coefficient (Wildman–Crippen LogP) is 3.34. The fourth-order valence-electron chi connectivity index (χ4n) is 2.64. The molecule has 0 bridgehead atoms. The monoisotopic (exact) mass is 284 g/mol. The first-order valence-corrected chi connectivity index (χ1v) is 7.26. The number of para-hydroxylation sites is 1. The third-order valence-electron chi connectivity index (χ3n) is 3.63. The molecule has 0 saturated heterocycles. The van der Waals surface area contributed by atoms with Crippen LogP contribution in [-0.2, 0) is 13.0 Å². The second kappa shape index (κ2) is 6.04. The molecule has 1 aliphatic heterocycles. The number of fused-ring (bicyclic) bond motifs is 1. The molecular formula is C17H20N2O2. The van der Waals surface area contributed by atoms with Crippen molar-refractivity contribution in [3.63, 3.8) is 0 Å².